The first-order chi connectivity index (χ1) is 14.0. The highest BCUT2D eigenvalue weighted by molar-refractivity contribution is 5.91. The number of nitrogens with one attached hydrogen (secondary N) is 1. The Hall–Kier alpha value is -3.41. The molecule has 2 heterocycles. The lowest BCUT2D eigenvalue weighted by molar-refractivity contribution is -0.116. The summed E-state index contributed by atoms with van der Waals surface area (Å²) in [6.45, 7) is 6.69. The Morgan fingerprint density at radius 3 is 2.41 bits per heavy atom. The van der Waals surface area contributed by atoms with Crippen LogP contribution >= 0.6 is 0 Å². The van der Waals surface area contributed by atoms with Crippen LogP contribution in [-0.4, -0.2) is 25.5 Å². The number of hydrogen-bond donors (Lipinski definition) is 1. The fraction of sp³-hybridized carbons (Fsp3) is 0.261. The van der Waals surface area contributed by atoms with Crippen molar-refractivity contribution in [1.29, 1.82) is 0 Å². The van der Waals surface area contributed by atoms with E-state index >= 15 is 0 Å². The molecule has 0 atom stereocenters. The molecule has 29 heavy (non-hydrogen) atoms. The number of benzene rings is 2. The second kappa shape index (κ2) is 7.91. The zero-order valence-electron chi connectivity index (χ0n) is 17.0. The molecule has 6 nitrogen and oxygen atoms in total. The number of fused-ring (bicyclic) bond motifs is 1. The molecule has 0 bridgehead atoms. The Kier molecular flexibility index (Phi) is 5.16. The molecule has 0 saturated carbocycles. The minimum Gasteiger partial charge on any atom is -0.326 e. The fourth-order valence-electron chi connectivity index (χ4n) is 3.55. The van der Waals surface area contributed by atoms with Crippen molar-refractivity contribution in [1.82, 2.24) is 19.6 Å². The first-order valence-corrected chi connectivity index (χ1v) is 9.89. The minimum atomic E-state index is -0.0324. The summed E-state index contributed by atoms with van der Waals surface area (Å²) in [7, 11) is 0. The van der Waals surface area contributed by atoms with Gasteiger partial charge < -0.3 is 5.32 Å². The molecule has 0 spiro atoms. The smallest absolute Gasteiger partial charge is 0.226 e. The SMILES string of the molecule is Cc1nn(C(C)C)c2cnn(CCC(=O)Nc3ccc(-c4ccccc4)cc3)c12. The van der Waals surface area contributed by atoms with E-state index in [1.54, 1.807) is 0 Å². The van der Waals surface area contributed by atoms with Gasteiger partial charge in [-0.05, 0) is 44.0 Å². The first-order valence-electron chi connectivity index (χ1n) is 9.89. The lowest BCUT2D eigenvalue weighted by atomic mass is 10.1. The molecule has 6 heteroatoms. The number of hydrogen-bond acceptors (Lipinski definition) is 3. The van der Waals surface area contributed by atoms with E-state index in [1.807, 2.05) is 64.9 Å². The predicted molar refractivity (Wildman–Crippen MR) is 116 cm³/mol. The van der Waals surface area contributed by atoms with Crippen LogP contribution in [-0.2, 0) is 11.3 Å². The van der Waals surface area contributed by atoms with Crippen LogP contribution < -0.4 is 5.32 Å². The van der Waals surface area contributed by atoms with Gasteiger partial charge in [-0.1, -0.05) is 42.5 Å². The quantitative estimate of drug-likeness (QED) is 0.516. The molecule has 0 unspecified atom stereocenters. The number of aryl methyl sites for hydroxylation is 2. The first kappa shape index (κ1) is 18.9. The van der Waals surface area contributed by atoms with Crippen LogP contribution in [0.25, 0.3) is 22.2 Å². The molecule has 0 aliphatic carbocycles. The Morgan fingerprint density at radius 1 is 1.03 bits per heavy atom. The van der Waals surface area contributed by atoms with Crippen LogP contribution in [0, 0.1) is 6.92 Å². The largest absolute Gasteiger partial charge is 0.326 e. The summed E-state index contributed by atoms with van der Waals surface area (Å²) in [5, 5.41) is 12.0. The van der Waals surface area contributed by atoms with Gasteiger partial charge in [0.2, 0.25) is 5.91 Å². The third-order valence-corrected chi connectivity index (χ3v) is 4.98. The number of carbonyl (C=O) groups excluding carboxylic acids is 1. The predicted octanol–water partition coefficient (Wildman–Crippen LogP) is 4.82. The van der Waals surface area contributed by atoms with E-state index in [9.17, 15) is 4.79 Å². The van der Waals surface area contributed by atoms with Gasteiger partial charge >= 0.3 is 0 Å². The maximum atomic E-state index is 12.4. The number of amides is 1. The average Bonchev–Trinajstić information content (AvgIpc) is 3.29. The molecular weight excluding hydrogens is 362 g/mol. The van der Waals surface area contributed by atoms with Crippen molar-refractivity contribution in [3.8, 4) is 11.1 Å². The molecule has 1 N–H and O–H groups in total. The molecule has 0 fully saturated rings. The van der Waals surface area contributed by atoms with Gasteiger partial charge in [-0.15, -0.1) is 0 Å². The van der Waals surface area contributed by atoms with Gasteiger partial charge in [-0.2, -0.15) is 10.2 Å². The summed E-state index contributed by atoms with van der Waals surface area (Å²) in [5.41, 5.74) is 6.02. The maximum Gasteiger partial charge on any atom is 0.226 e. The van der Waals surface area contributed by atoms with E-state index in [1.165, 1.54) is 0 Å². The number of aromatic nitrogens is 4. The van der Waals surface area contributed by atoms with Gasteiger partial charge in [-0.25, -0.2) is 0 Å². The lowest BCUT2D eigenvalue weighted by Crippen LogP contribution is -2.15. The minimum absolute atomic E-state index is 0.0324. The van der Waals surface area contributed by atoms with Crippen molar-refractivity contribution < 1.29 is 4.79 Å². The molecule has 0 aliphatic heterocycles. The summed E-state index contributed by atoms with van der Waals surface area (Å²) in [6, 6.07) is 18.4. The highest BCUT2D eigenvalue weighted by Gasteiger charge is 2.15. The zero-order chi connectivity index (χ0) is 20.4. The summed E-state index contributed by atoms with van der Waals surface area (Å²) >= 11 is 0. The third kappa shape index (κ3) is 3.92. The Morgan fingerprint density at radius 2 is 1.72 bits per heavy atom. The van der Waals surface area contributed by atoms with Crippen molar-refractivity contribution in [2.45, 2.75) is 39.8 Å². The van der Waals surface area contributed by atoms with Gasteiger partial charge in [0, 0.05) is 18.2 Å². The molecule has 0 radical (unpaired) electrons. The fourth-order valence-corrected chi connectivity index (χ4v) is 3.55. The van der Waals surface area contributed by atoms with Gasteiger partial charge in [-0.3, -0.25) is 14.2 Å². The van der Waals surface area contributed by atoms with E-state index in [0.717, 1.165) is 33.5 Å². The molecule has 0 aliphatic rings. The normalized spacial score (nSPS) is 11.3. The summed E-state index contributed by atoms with van der Waals surface area (Å²) in [6.07, 6.45) is 2.18. The second-order valence-electron chi connectivity index (χ2n) is 7.47. The van der Waals surface area contributed by atoms with Gasteiger partial charge in [0.05, 0.1) is 18.4 Å². The van der Waals surface area contributed by atoms with Crippen molar-refractivity contribution >= 4 is 22.6 Å². The monoisotopic (exact) mass is 387 g/mol. The number of anilines is 1. The van der Waals surface area contributed by atoms with Crippen LogP contribution in [0.4, 0.5) is 5.69 Å². The number of nitrogens with zero attached hydrogens (tertiary/aromatic N) is 4. The van der Waals surface area contributed by atoms with Crippen molar-refractivity contribution in [3.63, 3.8) is 0 Å². The van der Waals surface area contributed by atoms with Crippen LogP contribution in [0.2, 0.25) is 0 Å². The van der Waals surface area contributed by atoms with Gasteiger partial charge in [0.15, 0.2) is 0 Å². The Labute approximate surface area is 170 Å². The highest BCUT2D eigenvalue weighted by Crippen LogP contribution is 2.22. The Bertz CT molecular complexity index is 1120. The molecule has 1 amide bonds. The van der Waals surface area contributed by atoms with E-state index < -0.39 is 0 Å². The van der Waals surface area contributed by atoms with E-state index in [2.05, 4.69) is 41.5 Å². The highest BCUT2D eigenvalue weighted by atomic mass is 16.1. The van der Waals surface area contributed by atoms with Crippen molar-refractivity contribution in [3.05, 3.63) is 66.5 Å². The van der Waals surface area contributed by atoms with Crippen molar-refractivity contribution in [2.75, 3.05) is 5.32 Å². The molecule has 4 aromatic rings. The zero-order valence-corrected chi connectivity index (χ0v) is 17.0. The lowest BCUT2D eigenvalue weighted by Gasteiger charge is -2.07. The van der Waals surface area contributed by atoms with Crippen LogP contribution in [0.1, 0.15) is 32.0 Å². The van der Waals surface area contributed by atoms with Gasteiger partial charge in [0.1, 0.15) is 11.0 Å². The van der Waals surface area contributed by atoms with Crippen LogP contribution in [0.3, 0.4) is 0 Å². The standard InChI is InChI=1S/C23H25N5O/c1-16(2)28-21-15-24-27(23(21)17(3)26-28)14-13-22(29)25-20-11-9-19(10-12-20)18-7-5-4-6-8-18/h4-12,15-16H,13-14H2,1-3H3,(H,25,29). The van der Waals surface area contributed by atoms with E-state index in [4.69, 9.17) is 0 Å². The molecule has 2 aromatic carbocycles. The average molecular weight is 387 g/mol. The number of carbonyl (C=O) groups is 1. The van der Waals surface area contributed by atoms with Crippen molar-refractivity contribution in [2.24, 2.45) is 0 Å². The van der Waals surface area contributed by atoms with Gasteiger partial charge in [0.25, 0.3) is 0 Å². The molecule has 4 rings (SSSR count). The maximum absolute atomic E-state index is 12.4. The molecule has 2 aromatic heterocycles. The summed E-state index contributed by atoms with van der Waals surface area (Å²) in [4.78, 5) is 12.4. The van der Waals surface area contributed by atoms with E-state index in [0.29, 0.717) is 13.0 Å². The Balaban J connectivity index is 1.40. The summed E-state index contributed by atoms with van der Waals surface area (Å²) < 4.78 is 3.84. The second-order valence-corrected chi connectivity index (χ2v) is 7.47. The van der Waals surface area contributed by atoms with Crippen LogP contribution in [0.15, 0.2) is 60.8 Å². The van der Waals surface area contributed by atoms with E-state index in [-0.39, 0.29) is 11.9 Å². The third-order valence-electron chi connectivity index (χ3n) is 4.98. The molecule has 0 saturated heterocycles. The molecular formula is C23H25N5O. The number of rotatable bonds is 6. The topological polar surface area (TPSA) is 64.7 Å². The summed E-state index contributed by atoms with van der Waals surface area (Å²) in [5.74, 6) is -0.0324. The van der Waals surface area contributed by atoms with Crippen LogP contribution in [0.5, 0.6) is 0 Å². The molecule has 148 valence electrons.